The van der Waals surface area contributed by atoms with Crippen LogP contribution in [0.25, 0.3) is 0 Å². The van der Waals surface area contributed by atoms with E-state index in [0.717, 1.165) is 31.8 Å². The molecular formula is C13H22N4. The second-order valence-electron chi connectivity index (χ2n) is 5.57. The number of nitrogens with one attached hydrogen (secondary N) is 2. The Balaban J connectivity index is 1.77. The lowest BCUT2D eigenvalue weighted by Gasteiger charge is -2.23. The van der Waals surface area contributed by atoms with Gasteiger partial charge in [-0.3, -0.25) is 0 Å². The van der Waals surface area contributed by atoms with Crippen molar-refractivity contribution in [1.82, 2.24) is 15.3 Å². The van der Waals surface area contributed by atoms with Crippen LogP contribution in [0.15, 0.2) is 6.20 Å². The summed E-state index contributed by atoms with van der Waals surface area (Å²) in [4.78, 5) is 8.05. The quantitative estimate of drug-likeness (QED) is 0.728. The van der Waals surface area contributed by atoms with Crippen molar-refractivity contribution in [1.29, 1.82) is 0 Å². The molecule has 0 radical (unpaired) electrons. The first-order valence-electron chi connectivity index (χ1n) is 6.83. The largest absolute Gasteiger partial charge is 0.344 e. The Labute approximate surface area is 102 Å². The summed E-state index contributed by atoms with van der Waals surface area (Å²) < 4.78 is 0. The van der Waals surface area contributed by atoms with Crippen molar-refractivity contribution in [3.63, 3.8) is 0 Å². The molecule has 1 saturated carbocycles. The summed E-state index contributed by atoms with van der Waals surface area (Å²) in [7, 11) is 0. The fraction of sp³-hybridized carbons (Fsp3) is 0.769. The SMILES string of the molecule is NC1(c2ncc(C3CCNCC3)[nH]2)CCCC1. The summed E-state index contributed by atoms with van der Waals surface area (Å²) in [5, 5.41) is 3.39. The van der Waals surface area contributed by atoms with Gasteiger partial charge in [0.2, 0.25) is 0 Å². The first kappa shape index (κ1) is 11.2. The van der Waals surface area contributed by atoms with Crippen LogP contribution in [-0.4, -0.2) is 23.1 Å². The molecule has 2 aliphatic rings. The van der Waals surface area contributed by atoms with Crippen molar-refractivity contribution in [3.05, 3.63) is 17.7 Å². The monoisotopic (exact) mass is 234 g/mol. The number of H-pyrrole nitrogens is 1. The van der Waals surface area contributed by atoms with Crippen LogP contribution in [0.1, 0.15) is 56.0 Å². The molecule has 0 bridgehead atoms. The van der Waals surface area contributed by atoms with E-state index in [1.54, 1.807) is 0 Å². The van der Waals surface area contributed by atoms with Crippen LogP contribution < -0.4 is 11.1 Å². The number of rotatable bonds is 2. The zero-order valence-electron chi connectivity index (χ0n) is 10.3. The highest BCUT2D eigenvalue weighted by Crippen LogP contribution is 2.35. The molecule has 0 atom stereocenters. The third kappa shape index (κ3) is 2.11. The molecule has 4 N–H and O–H groups in total. The molecule has 1 saturated heterocycles. The lowest BCUT2D eigenvalue weighted by atomic mass is 9.95. The average molecular weight is 234 g/mol. The van der Waals surface area contributed by atoms with Crippen LogP contribution in [0, 0.1) is 0 Å². The molecule has 4 heteroatoms. The van der Waals surface area contributed by atoms with Gasteiger partial charge in [-0.25, -0.2) is 4.98 Å². The zero-order valence-corrected chi connectivity index (χ0v) is 10.3. The summed E-state index contributed by atoms with van der Waals surface area (Å²) in [5.74, 6) is 1.66. The third-order valence-electron chi connectivity index (χ3n) is 4.34. The fourth-order valence-corrected chi connectivity index (χ4v) is 3.17. The maximum atomic E-state index is 6.42. The van der Waals surface area contributed by atoms with Crippen LogP contribution >= 0.6 is 0 Å². The molecule has 0 spiro atoms. The number of nitrogens with two attached hydrogens (primary N) is 1. The Kier molecular flexibility index (Phi) is 2.92. The lowest BCUT2D eigenvalue weighted by molar-refractivity contribution is 0.428. The summed E-state index contributed by atoms with van der Waals surface area (Å²) in [5.41, 5.74) is 7.53. The minimum atomic E-state index is -0.175. The van der Waals surface area contributed by atoms with Crippen molar-refractivity contribution in [2.24, 2.45) is 5.73 Å². The van der Waals surface area contributed by atoms with E-state index in [1.807, 2.05) is 6.20 Å². The lowest BCUT2D eigenvalue weighted by Crippen LogP contribution is -2.34. The van der Waals surface area contributed by atoms with Gasteiger partial charge in [0.15, 0.2) is 0 Å². The van der Waals surface area contributed by atoms with E-state index in [1.165, 1.54) is 31.4 Å². The van der Waals surface area contributed by atoms with Crippen LogP contribution in [0.4, 0.5) is 0 Å². The van der Waals surface area contributed by atoms with Gasteiger partial charge in [-0.05, 0) is 38.8 Å². The van der Waals surface area contributed by atoms with E-state index in [-0.39, 0.29) is 5.54 Å². The number of hydrogen-bond donors (Lipinski definition) is 3. The van der Waals surface area contributed by atoms with Crippen LogP contribution in [-0.2, 0) is 5.54 Å². The summed E-state index contributed by atoms with van der Waals surface area (Å²) >= 11 is 0. The Morgan fingerprint density at radius 3 is 2.65 bits per heavy atom. The Hall–Kier alpha value is -0.870. The maximum Gasteiger partial charge on any atom is 0.126 e. The van der Waals surface area contributed by atoms with Gasteiger partial charge >= 0.3 is 0 Å². The zero-order chi connectivity index (χ0) is 11.7. The number of piperidine rings is 1. The normalized spacial score (nSPS) is 25.2. The van der Waals surface area contributed by atoms with Crippen molar-refractivity contribution < 1.29 is 0 Å². The van der Waals surface area contributed by atoms with E-state index >= 15 is 0 Å². The Bertz CT molecular complexity index is 373. The Morgan fingerprint density at radius 1 is 1.24 bits per heavy atom. The molecule has 2 fully saturated rings. The summed E-state index contributed by atoms with van der Waals surface area (Å²) in [6.45, 7) is 2.24. The number of aromatic nitrogens is 2. The molecule has 1 aliphatic heterocycles. The highest BCUT2D eigenvalue weighted by Gasteiger charge is 2.34. The van der Waals surface area contributed by atoms with Gasteiger partial charge in [-0.1, -0.05) is 12.8 Å². The smallest absolute Gasteiger partial charge is 0.126 e. The molecule has 1 aliphatic carbocycles. The van der Waals surface area contributed by atoms with Crippen LogP contribution in [0.2, 0.25) is 0 Å². The average Bonchev–Trinajstić information content (AvgIpc) is 2.99. The van der Waals surface area contributed by atoms with Crippen molar-refractivity contribution in [3.8, 4) is 0 Å². The molecule has 94 valence electrons. The number of aromatic amines is 1. The van der Waals surface area contributed by atoms with E-state index in [0.29, 0.717) is 5.92 Å². The standard InChI is InChI=1S/C13H22N4/c14-13(5-1-2-6-13)12-16-9-11(17-12)10-3-7-15-8-4-10/h9-10,15H,1-8,14H2,(H,16,17). The van der Waals surface area contributed by atoms with Crippen LogP contribution in [0.5, 0.6) is 0 Å². The van der Waals surface area contributed by atoms with Gasteiger partial charge in [0, 0.05) is 17.8 Å². The van der Waals surface area contributed by atoms with Gasteiger partial charge in [-0.15, -0.1) is 0 Å². The van der Waals surface area contributed by atoms with Crippen molar-refractivity contribution >= 4 is 0 Å². The van der Waals surface area contributed by atoms with Crippen LogP contribution in [0.3, 0.4) is 0 Å². The predicted octanol–water partition coefficient (Wildman–Crippen LogP) is 1.60. The first-order valence-corrected chi connectivity index (χ1v) is 6.83. The van der Waals surface area contributed by atoms with Gasteiger partial charge in [0.05, 0.1) is 5.54 Å². The number of imidazole rings is 1. The minimum absolute atomic E-state index is 0.175. The number of nitrogens with zero attached hydrogens (tertiary/aromatic N) is 1. The Morgan fingerprint density at radius 2 is 1.94 bits per heavy atom. The van der Waals surface area contributed by atoms with Gasteiger partial charge in [0.25, 0.3) is 0 Å². The second kappa shape index (κ2) is 4.42. The van der Waals surface area contributed by atoms with E-state index < -0.39 is 0 Å². The molecule has 4 nitrogen and oxygen atoms in total. The summed E-state index contributed by atoms with van der Waals surface area (Å²) in [6, 6.07) is 0. The predicted molar refractivity (Wildman–Crippen MR) is 67.8 cm³/mol. The first-order chi connectivity index (χ1) is 8.28. The van der Waals surface area contributed by atoms with Crippen molar-refractivity contribution in [2.45, 2.75) is 50.0 Å². The third-order valence-corrected chi connectivity index (χ3v) is 4.34. The fourth-order valence-electron chi connectivity index (χ4n) is 3.17. The van der Waals surface area contributed by atoms with E-state index in [4.69, 9.17) is 5.73 Å². The van der Waals surface area contributed by atoms with E-state index in [2.05, 4.69) is 15.3 Å². The molecule has 0 amide bonds. The second-order valence-corrected chi connectivity index (χ2v) is 5.57. The molecule has 1 aromatic heterocycles. The topological polar surface area (TPSA) is 66.7 Å². The molecule has 1 aromatic rings. The molecule has 2 heterocycles. The van der Waals surface area contributed by atoms with Crippen molar-refractivity contribution in [2.75, 3.05) is 13.1 Å². The van der Waals surface area contributed by atoms with Gasteiger partial charge in [-0.2, -0.15) is 0 Å². The van der Waals surface area contributed by atoms with Gasteiger partial charge < -0.3 is 16.0 Å². The minimum Gasteiger partial charge on any atom is -0.344 e. The molecule has 3 rings (SSSR count). The molecule has 0 aromatic carbocycles. The molecular weight excluding hydrogens is 212 g/mol. The maximum absolute atomic E-state index is 6.42. The number of hydrogen-bond acceptors (Lipinski definition) is 3. The summed E-state index contributed by atoms with van der Waals surface area (Å²) in [6.07, 6.45) is 9.05. The molecule has 0 unspecified atom stereocenters. The highest BCUT2D eigenvalue weighted by molar-refractivity contribution is 5.15. The van der Waals surface area contributed by atoms with Gasteiger partial charge in [0.1, 0.15) is 5.82 Å². The molecule has 17 heavy (non-hydrogen) atoms. The van der Waals surface area contributed by atoms with E-state index in [9.17, 15) is 0 Å². The highest BCUT2D eigenvalue weighted by atomic mass is 15.0.